The van der Waals surface area contributed by atoms with Crippen LogP contribution >= 0.6 is 0 Å². The van der Waals surface area contributed by atoms with Gasteiger partial charge in [-0.2, -0.15) is 0 Å². The maximum absolute atomic E-state index is 12.2. The Morgan fingerprint density at radius 3 is 2.28 bits per heavy atom. The lowest BCUT2D eigenvalue weighted by atomic mass is 10.2. The van der Waals surface area contributed by atoms with E-state index in [1.165, 1.54) is 5.56 Å². The molecule has 1 aliphatic rings. The molecule has 0 bridgehead atoms. The van der Waals surface area contributed by atoms with Crippen LogP contribution in [0.1, 0.15) is 12.5 Å². The average Bonchev–Trinajstić information content (AvgIpc) is 2.74. The van der Waals surface area contributed by atoms with E-state index in [1.807, 2.05) is 25.1 Å². The summed E-state index contributed by atoms with van der Waals surface area (Å²) in [6.45, 7) is 8.00. The molecule has 3 rings (SSSR count). The topological polar surface area (TPSA) is 54.0 Å². The molecule has 2 aromatic carbocycles. The summed E-state index contributed by atoms with van der Waals surface area (Å²) in [5.41, 5.74) is 1.36. The SMILES string of the molecule is COc1ccccc1OCC(=O)N[C@@H](C)CN1CCN(Cc2ccccc2)CC1. The van der Waals surface area contributed by atoms with Gasteiger partial charge in [0.1, 0.15) is 0 Å². The summed E-state index contributed by atoms with van der Waals surface area (Å²) in [5, 5.41) is 3.03. The van der Waals surface area contributed by atoms with Gasteiger partial charge in [-0.1, -0.05) is 42.5 Å². The zero-order valence-corrected chi connectivity index (χ0v) is 17.3. The number of benzene rings is 2. The van der Waals surface area contributed by atoms with Crippen LogP contribution in [-0.4, -0.2) is 68.2 Å². The van der Waals surface area contributed by atoms with Crippen LogP contribution in [0.2, 0.25) is 0 Å². The molecule has 0 aliphatic carbocycles. The number of hydrogen-bond donors (Lipinski definition) is 1. The van der Waals surface area contributed by atoms with Gasteiger partial charge in [0.05, 0.1) is 7.11 Å². The number of ether oxygens (including phenoxy) is 2. The Kier molecular flexibility index (Phi) is 7.90. The quantitative estimate of drug-likeness (QED) is 0.704. The van der Waals surface area contributed by atoms with Gasteiger partial charge in [0.25, 0.3) is 5.91 Å². The van der Waals surface area contributed by atoms with E-state index in [0.717, 1.165) is 39.3 Å². The van der Waals surface area contributed by atoms with Gasteiger partial charge in [-0.05, 0) is 24.6 Å². The van der Waals surface area contributed by atoms with Crippen molar-refractivity contribution in [2.75, 3.05) is 46.4 Å². The Bertz CT molecular complexity index is 761. The lowest BCUT2D eigenvalue weighted by Crippen LogP contribution is -2.50. The van der Waals surface area contributed by atoms with Crippen LogP contribution in [0, 0.1) is 0 Å². The van der Waals surface area contributed by atoms with Gasteiger partial charge >= 0.3 is 0 Å². The van der Waals surface area contributed by atoms with Crippen molar-refractivity contribution < 1.29 is 14.3 Å². The number of carbonyl (C=O) groups excluding carboxylic acids is 1. The molecule has 1 amide bonds. The van der Waals surface area contributed by atoms with Crippen molar-refractivity contribution in [2.45, 2.75) is 19.5 Å². The van der Waals surface area contributed by atoms with Crippen molar-refractivity contribution in [1.82, 2.24) is 15.1 Å². The van der Waals surface area contributed by atoms with Crippen LogP contribution in [-0.2, 0) is 11.3 Å². The zero-order valence-electron chi connectivity index (χ0n) is 17.3. The number of nitrogens with zero attached hydrogens (tertiary/aromatic N) is 2. The molecule has 1 N–H and O–H groups in total. The Balaban J connectivity index is 1.35. The third kappa shape index (κ3) is 6.76. The van der Waals surface area contributed by atoms with Crippen LogP contribution < -0.4 is 14.8 Å². The van der Waals surface area contributed by atoms with Gasteiger partial charge in [-0.3, -0.25) is 14.6 Å². The summed E-state index contributed by atoms with van der Waals surface area (Å²) < 4.78 is 10.8. The van der Waals surface area contributed by atoms with Crippen LogP contribution in [0.25, 0.3) is 0 Å². The first-order chi connectivity index (χ1) is 14.1. The average molecular weight is 398 g/mol. The summed E-state index contributed by atoms with van der Waals surface area (Å²) in [5.74, 6) is 1.08. The highest BCUT2D eigenvalue weighted by Gasteiger charge is 2.19. The van der Waals surface area contributed by atoms with Crippen LogP contribution in [0.4, 0.5) is 0 Å². The maximum Gasteiger partial charge on any atom is 0.258 e. The fourth-order valence-electron chi connectivity index (χ4n) is 3.60. The van der Waals surface area contributed by atoms with Gasteiger partial charge < -0.3 is 14.8 Å². The fraction of sp³-hybridized carbons (Fsp3) is 0.435. The Hall–Kier alpha value is -2.57. The minimum Gasteiger partial charge on any atom is -0.493 e. The number of methoxy groups -OCH3 is 1. The number of nitrogens with one attached hydrogen (secondary N) is 1. The lowest BCUT2D eigenvalue weighted by molar-refractivity contribution is -0.123. The molecule has 0 unspecified atom stereocenters. The molecule has 0 radical (unpaired) electrons. The monoisotopic (exact) mass is 397 g/mol. The van der Waals surface area contributed by atoms with Crippen LogP contribution in [0.15, 0.2) is 54.6 Å². The normalized spacial score (nSPS) is 16.2. The molecule has 29 heavy (non-hydrogen) atoms. The van der Waals surface area contributed by atoms with E-state index in [9.17, 15) is 4.79 Å². The third-order valence-corrected chi connectivity index (χ3v) is 5.08. The Morgan fingerprint density at radius 2 is 1.59 bits per heavy atom. The predicted octanol–water partition coefficient (Wildman–Crippen LogP) is 2.40. The zero-order chi connectivity index (χ0) is 20.5. The molecule has 1 fully saturated rings. The Labute approximate surface area is 173 Å². The highest BCUT2D eigenvalue weighted by molar-refractivity contribution is 5.77. The second-order valence-electron chi connectivity index (χ2n) is 7.47. The first kappa shape index (κ1) is 21.1. The predicted molar refractivity (Wildman–Crippen MR) is 114 cm³/mol. The molecule has 1 heterocycles. The standard InChI is InChI=1S/C23H31N3O3/c1-19(24-23(27)18-29-22-11-7-6-10-21(22)28-2)16-25-12-14-26(15-13-25)17-20-8-4-3-5-9-20/h3-11,19H,12-18H2,1-2H3,(H,24,27)/t19-/m0/s1. The molecule has 6 nitrogen and oxygen atoms in total. The first-order valence-corrected chi connectivity index (χ1v) is 10.2. The van der Waals surface area contributed by atoms with Crippen molar-refractivity contribution in [2.24, 2.45) is 0 Å². The molecular formula is C23H31N3O3. The minimum atomic E-state index is -0.119. The smallest absolute Gasteiger partial charge is 0.258 e. The summed E-state index contributed by atoms with van der Waals surface area (Å²) in [4.78, 5) is 17.1. The molecule has 1 atom stereocenters. The lowest BCUT2D eigenvalue weighted by Gasteiger charge is -2.36. The number of hydrogen-bond acceptors (Lipinski definition) is 5. The van der Waals surface area contributed by atoms with E-state index in [2.05, 4.69) is 45.4 Å². The molecular weight excluding hydrogens is 366 g/mol. The van der Waals surface area contributed by atoms with Gasteiger partial charge in [0, 0.05) is 45.3 Å². The van der Waals surface area contributed by atoms with Crippen LogP contribution in [0.3, 0.4) is 0 Å². The number of carbonyl (C=O) groups is 1. The van der Waals surface area contributed by atoms with E-state index in [0.29, 0.717) is 11.5 Å². The summed E-state index contributed by atoms with van der Waals surface area (Å²) in [6, 6.07) is 18.0. The fourth-order valence-corrected chi connectivity index (χ4v) is 3.60. The van der Waals surface area contributed by atoms with Crippen LogP contribution in [0.5, 0.6) is 11.5 Å². The summed E-state index contributed by atoms with van der Waals surface area (Å²) in [6.07, 6.45) is 0. The largest absolute Gasteiger partial charge is 0.493 e. The highest BCUT2D eigenvalue weighted by Crippen LogP contribution is 2.25. The van der Waals surface area contributed by atoms with E-state index >= 15 is 0 Å². The first-order valence-electron chi connectivity index (χ1n) is 10.2. The van der Waals surface area contributed by atoms with Crippen molar-refractivity contribution >= 4 is 5.91 Å². The van der Waals surface area contributed by atoms with Crippen molar-refractivity contribution in [3.05, 3.63) is 60.2 Å². The minimum absolute atomic E-state index is 0.0183. The van der Waals surface area contributed by atoms with Gasteiger partial charge in [0.2, 0.25) is 0 Å². The number of para-hydroxylation sites is 2. The third-order valence-electron chi connectivity index (χ3n) is 5.08. The summed E-state index contributed by atoms with van der Waals surface area (Å²) >= 11 is 0. The molecule has 156 valence electrons. The number of piperazine rings is 1. The van der Waals surface area contributed by atoms with Gasteiger partial charge in [0.15, 0.2) is 18.1 Å². The second-order valence-corrected chi connectivity index (χ2v) is 7.47. The van der Waals surface area contributed by atoms with Crippen molar-refractivity contribution in [3.63, 3.8) is 0 Å². The molecule has 1 saturated heterocycles. The second kappa shape index (κ2) is 10.8. The van der Waals surface area contributed by atoms with E-state index in [1.54, 1.807) is 13.2 Å². The molecule has 0 aromatic heterocycles. The molecule has 2 aromatic rings. The molecule has 6 heteroatoms. The van der Waals surface area contributed by atoms with Gasteiger partial charge in [-0.15, -0.1) is 0 Å². The molecule has 0 saturated carbocycles. The highest BCUT2D eigenvalue weighted by atomic mass is 16.5. The number of amides is 1. The maximum atomic E-state index is 12.2. The Morgan fingerprint density at radius 1 is 0.966 bits per heavy atom. The van der Waals surface area contributed by atoms with E-state index < -0.39 is 0 Å². The van der Waals surface area contributed by atoms with Crippen molar-refractivity contribution in [1.29, 1.82) is 0 Å². The molecule has 0 spiro atoms. The number of rotatable bonds is 9. The van der Waals surface area contributed by atoms with Crippen molar-refractivity contribution in [3.8, 4) is 11.5 Å². The molecule has 1 aliphatic heterocycles. The van der Waals surface area contributed by atoms with E-state index in [4.69, 9.17) is 9.47 Å². The summed E-state index contributed by atoms with van der Waals surface area (Å²) in [7, 11) is 1.59. The van der Waals surface area contributed by atoms with E-state index in [-0.39, 0.29) is 18.6 Å². The van der Waals surface area contributed by atoms with Gasteiger partial charge in [-0.25, -0.2) is 0 Å².